The van der Waals surface area contributed by atoms with Crippen LogP contribution in [-0.4, -0.2) is 36.0 Å². The van der Waals surface area contributed by atoms with Crippen LogP contribution in [0, 0.1) is 17.0 Å². The number of nitro groups is 1. The Kier molecular flexibility index (Phi) is 5.70. The molecule has 0 saturated carbocycles. The molecule has 0 aliphatic rings. The van der Waals surface area contributed by atoms with Gasteiger partial charge in [-0.2, -0.15) is 8.42 Å². The summed E-state index contributed by atoms with van der Waals surface area (Å²) in [5.74, 6) is -0.505. The van der Waals surface area contributed by atoms with E-state index >= 15 is 0 Å². The largest absolute Gasteiger partial charge is 0.434 e. The number of hydrogen-bond acceptors (Lipinski definition) is 7. The van der Waals surface area contributed by atoms with E-state index in [0.717, 1.165) is 10.1 Å². The van der Waals surface area contributed by atoms with Gasteiger partial charge in [0, 0.05) is 4.91 Å². The van der Waals surface area contributed by atoms with Crippen molar-refractivity contribution >= 4 is 16.1 Å². The summed E-state index contributed by atoms with van der Waals surface area (Å²) in [5.41, 5.74) is 9.35. The molecule has 2 rings (SSSR count). The molecule has 132 valence electrons. The summed E-state index contributed by atoms with van der Waals surface area (Å²) in [5, 5.41) is 14.3. The molecule has 0 amide bonds. The van der Waals surface area contributed by atoms with Crippen molar-refractivity contribution in [3.63, 3.8) is 0 Å². The first kappa shape index (κ1) is 18.4. The lowest BCUT2D eigenvalue weighted by Gasteiger charge is -2.14. The second-order valence-electron chi connectivity index (χ2n) is 5.01. The number of nitrogens with zero attached hydrogens (tertiary/aromatic N) is 6. The highest BCUT2D eigenvalue weighted by Crippen LogP contribution is 2.20. The van der Waals surface area contributed by atoms with Crippen LogP contribution in [0.2, 0.25) is 0 Å². The monoisotopic (exact) mass is 366 g/mol. The standard InChI is InChI=1S/C13H14N6O5S/c1-10-2-4-12(5-3-10)25(22,23)24-9-11(8-16-17-14)18-7-6-15-13(18)19(20)21/h2-7,11H,8-9H2,1H3. The van der Waals surface area contributed by atoms with Crippen LogP contribution in [-0.2, 0) is 14.3 Å². The number of imidazole rings is 1. The number of benzene rings is 1. The van der Waals surface area contributed by atoms with Crippen LogP contribution < -0.4 is 0 Å². The molecule has 0 bridgehead atoms. The van der Waals surface area contributed by atoms with Gasteiger partial charge >= 0.3 is 5.95 Å². The predicted octanol–water partition coefficient (Wildman–Crippen LogP) is 2.36. The third-order valence-electron chi connectivity index (χ3n) is 3.29. The fraction of sp³-hybridized carbons (Fsp3) is 0.308. The predicted molar refractivity (Wildman–Crippen MR) is 86.2 cm³/mol. The van der Waals surface area contributed by atoms with Gasteiger partial charge in [0.1, 0.15) is 25.0 Å². The minimum absolute atomic E-state index is 0.0410. The molecule has 1 atom stereocenters. The van der Waals surface area contributed by atoms with E-state index in [-0.39, 0.29) is 11.4 Å². The Hall–Kier alpha value is -2.95. The van der Waals surface area contributed by atoms with Crippen LogP contribution in [0.25, 0.3) is 10.4 Å². The minimum atomic E-state index is -4.06. The van der Waals surface area contributed by atoms with Gasteiger partial charge in [0.15, 0.2) is 0 Å². The highest BCUT2D eigenvalue weighted by Gasteiger charge is 2.26. The molecule has 0 N–H and O–H groups in total. The molecule has 0 aliphatic carbocycles. The van der Waals surface area contributed by atoms with Gasteiger partial charge in [-0.3, -0.25) is 4.18 Å². The SMILES string of the molecule is Cc1ccc(S(=O)(=O)OCC(CN=[N+]=[N-])n2ccnc2[N+](=O)[O-])cc1. The Balaban J connectivity index is 2.22. The van der Waals surface area contributed by atoms with Crippen LogP contribution in [0.15, 0.2) is 46.7 Å². The smallest absolute Gasteiger partial charge is 0.390 e. The summed E-state index contributed by atoms with van der Waals surface area (Å²) < 4.78 is 30.5. The third kappa shape index (κ3) is 4.53. The third-order valence-corrected chi connectivity index (χ3v) is 4.58. The Morgan fingerprint density at radius 1 is 1.44 bits per heavy atom. The summed E-state index contributed by atoms with van der Waals surface area (Å²) in [7, 11) is -4.06. The van der Waals surface area contributed by atoms with Gasteiger partial charge in [-0.15, -0.1) is 0 Å². The first-order valence-electron chi connectivity index (χ1n) is 6.99. The van der Waals surface area contributed by atoms with Gasteiger partial charge in [-0.1, -0.05) is 27.8 Å². The molecular weight excluding hydrogens is 352 g/mol. The number of hydrogen-bond donors (Lipinski definition) is 0. The number of aromatic nitrogens is 2. The lowest BCUT2D eigenvalue weighted by molar-refractivity contribution is -0.397. The van der Waals surface area contributed by atoms with Crippen LogP contribution >= 0.6 is 0 Å². The van der Waals surface area contributed by atoms with E-state index in [1.165, 1.54) is 24.5 Å². The van der Waals surface area contributed by atoms with Crippen molar-refractivity contribution in [1.29, 1.82) is 0 Å². The van der Waals surface area contributed by atoms with E-state index in [4.69, 9.17) is 9.71 Å². The van der Waals surface area contributed by atoms with E-state index in [9.17, 15) is 18.5 Å². The van der Waals surface area contributed by atoms with Gasteiger partial charge in [0.05, 0.1) is 11.4 Å². The number of rotatable bonds is 8. The second kappa shape index (κ2) is 7.75. The first-order chi connectivity index (χ1) is 11.8. The zero-order valence-electron chi connectivity index (χ0n) is 13.1. The molecule has 1 heterocycles. The molecule has 1 aromatic heterocycles. The lowest BCUT2D eigenvalue weighted by Crippen LogP contribution is -2.21. The van der Waals surface area contributed by atoms with E-state index < -0.39 is 33.6 Å². The summed E-state index contributed by atoms with van der Waals surface area (Å²) in [4.78, 5) is 16.4. The molecule has 12 heteroatoms. The maximum Gasteiger partial charge on any atom is 0.434 e. The summed E-state index contributed by atoms with van der Waals surface area (Å²) in [6, 6.07) is 5.13. The van der Waals surface area contributed by atoms with Gasteiger partial charge in [0.25, 0.3) is 10.1 Å². The Labute approximate surface area is 142 Å². The molecule has 0 aliphatic heterocycles. The summed E-state index contributed by atoms with van der Waals surface area (Å²) in [6.45, 7) is 1.12. The molecule has 25 heavy (non-hydrogen) atoms. The normalized spacial score (nSPS) is 12.4. The number of azide groups is 1. The Morgan fingerprint density at radius 2 is 2.12 bits per heavy atom. The highest BCUT2D eigenvalue weighted by molar-refractivity contribution is 7.86. The molecule has 11 nitrogen and oxygen atoms in total. The molecule has 0 spiro atoms. The van der Waals surface area contributed by atoms with Gasteiger partial charge < -0.3 is 10.1 Å². The van der Waals surface area contributed by atoms with Crippen molar-refractivity contribution in [2.45, 2.75) is 17.9 Å². The Morgan fingerprint density at radius 3 is 2.72 bits per heavy atom. The topological polar surface area (TPSA) is 153 Å². The van der Waals surface area contributed by atoms with Gasteiger partial charge in [-0.05, 0) is 29.5 Å². The lowest BCUT2D eigenvalue weighted by atomic mass is 10.2. The van der Waals surface area contributed by atoms with E-state index in [0.29, 0.717) is 0 Å². The average Bonchev–Trinajstić information content (AvgIpc) is 3.05. The average molecular weight is 366 g/mol. The quantitative estimate of drug-likeness (QED) is 0.174. The zero-order chi connectivity index (χ0) is 18.4. The van der Waals surface area contributed by atoms with E-state index in [1.807, 2.05) is 6.92 Å². The summed E-state index contributed by atoms with van der Waals surface area (Å²) >= 11 is 0. The Bertz CT molecular complexity index is 901. The second-order valence-corrected chi connectivity index (χ2v) is 6.63. The molecule has 1 unspecified atom stereocenters. The van der Waals surface area contributed by atoms with Crippen molar-refractivity contribution in [1.82, 2.24) is 9.55 Å². The van der Waals surface area contributed by atoms with Crippen molar-refractivity contribution < 1.29 is 17.5 Å². The van der Waals surface area contributed by atoms with E-state index in [2.05, 4.69) is 15.0 Å². The van der Waals surface area contributed by atoms with Crippen molar-refractivity contribution in [2.24, 2.45) is 5.11 Å². The fourth-order valence-corrected chi connectivity index (χ4v) is 2.97. The van der Waals surface area contributed by atoms with Crippen molar-refractivity contribution in [3.8, 4) is 0 Å². The fourth-order valence-electron chi connectivity index (χ4n) is 2.02. The first-order valence-corrected chi connectivity index (χ1v) is 8.40. The molecule has 0 fully saturated rings. The molecular formula is C13H14N6O5S. The zero-order valence-corrected chi connectivity index (χ0v) is 13.9. The molecule has 1 aromatic carbocycles. The van der Waals surface area contributed by atoms with Crippen molar-refractivity contribution in [2.75, 3.05) is 13.2 Å². The minimum Gasteiger partial charge on any atom is -0.390 e. The highest BCUT2D eigenvalue weighted by atomic mass is 32.2. The number of aryl methyl sites for hydroxylation is 1. The van der Waals surface area contributed by atoms with Crippen LogP contribution in [0.1, 0.15) is 11.6 Å². The van der Waals surface area contributed by atoms with Crippen molar-refractivity contribution in [3.05, 3.63) is 62.8 Å². The van der Waals surface area contributed by atoms with Gasteiger partial charge in [0.2, 0.25) is 0 Å². The molecule has 0 radical (unpaired) electrons. The van der Waals surface area contributed by atoms with Gasteiger partial charge in [-0.25, -0.2) is 4.57 Å². The van der Waals surface area contributed by atoms with E-state index in [1.54, 1.807) is 12.1 Å². The maximum atomic E-state index is 12.2. The van der Waals surface area contributed by atoms with Crippen LogP contribution in [0.5, 0.6) is 0 Å². The summed E-state index contributed by atoms with van der Waals surface area (Å²) in [6.07, 6.45) is 2.48. The molecule has 0 saturated heterocycles. The van der Waals surface area contributed by atoms with Crippen LogP contribution in [0.3, 0.4) is 0 Å². The van der Waals surface area contributed by atoms with Crippen LogP contribution in [0.4, 0.5) is 5.95 Å². The molecule has 2 aromatic rings. The maximum absolute atomic E-state index is 12.2.